The van der Waals surface area contributed by atoms with Gasteiger partial charge in [0.25, 0.3) is 0 Å². The summed E-state index contributed by atoms with van der Waals surface area (Å²) in [4.78, 5) is 26.1. The minimum atomic E-state index is -0.351. The first-order chi connectivity index (χ1) is 9.02. The molecule has 1 aliphatic heterocycles. The molecule has 1 aromatic rings. The fraction of sp³-hybridized carbons (Fsp3) is 0.385. The molecule has 0 radical (unpaired) electrons. The predicted octanol–water partition coefficient (Wildman–Crippen LogP) is 2.66. The molecule has 0 aromatic heterocycles. The molecule has 0 saturated carbocycles. The Morgan fingerprint density at radius 3 is 2.89 bits per heavy atom. The lowest BCUT2D eigenvalue weighted by molar-refractivity contribution is -0.138. The zero-order valence-corrected chi connectivity index (χ0v) is 13.0. The topological polar surface area (TPSA) is 63.4 Å². The number of rotatable bonds is 4. The summed E-state index contributed by atoms with van der Waals surface area (Å²) in [5, 5.41) is -0.351. The quantitative estimate of drug-likeness (QED) is 0.674. The average Bonchev–Trinajstić information content (AvgIpc) is 2.62. The first kappa shape index (κ1) is 14.4. The smallest absolute Gasteiger partial charge is 0.243 e. The number of carbonyl (C=O) groups excluding carboxylic acids is 2. The summed E-state index contributed by atoms with van der Waals surface area (Å²) in [5.74, 6) is -0.186. The number of likely N-dealkylation sites (tertiary alicyclic amines) is 1. The number of carbonyl (C=O) groups is 2. The SMILES string of the molecule is CCCN1C(=O)CC(Sc2cc(Br)ccc2N)C1=O. The number of thioether (sulfide) groups is 1. The lowest BCUT2D eigenvalue weighted by atomic mass is 10.3. The Hall–Kier alpha value is -1.01. The summed E-state index contributed by atoms with van der Waals surface area (Å²) >= 11 is 4.74. The van der Waals surface area contributed by atoms with Gasteiger partial charge in [-0.3, -0.25) is 14.5 Å². The standard InChI is InChI=1S/C13H15BrN2O2S/c1-2-5-16-12(17)7-11(13(16)18)19-10-6-8(14)3-4-9(10)15/h3-4,6,11H,2,5,7,15H2,1H3. The van der Waals surface area contributed by atoms with Crippen molar-refractivity contribution in [3.8, 4) is 0 Å². The van der Waals surface area contributed by atoms with Gasteiger partial charge in [-0.1, -0.05) is 22.9 Å². The molecule has 4 nitrogen and oxygen atoms in total. The molecule has 0 aliphatic carbocycles. The van der Waals surface area contributed by atoms with E-state index in [4.69, 9.17) is 5.73 Å². The molecule has 2 N–H and O–H groups in total. The molecule has 1 atom stereocenters. The second-order valence-electron chi connectivity index (χ2n) is 4.38. The average molecular weight is 343 g/mol. The van der Waals surface area contributed by atoms with Gasteiger partial charge in [0.2, 0.25) is 11.8 Å². The normalized spacial score (nSPS) is 19.3. The number of hydrogen-bond acceptors (Lipinski definition) is 4. The van der Waals surface area contributed by atoms with Crippen LogP contribution in [0.15, 0.2) is 27.6 Å². The second-order valence-corrected chi connectivity index (χ2v) is 6.54. The number of benzene rings is 1. The molecule has 19 heavy (non-hydrogen) atoms. The number of nitrogens with two attached hydrogens (primary N) is 1. The molecule has 0 bridgehead atoms. The van der Waals surface area contributed by atoms with E-state index in [1.165, 1.54) is 16.7 Å². The third-order valence-electron chi connectivity index (χ3n) is 2.89. The van der Waals surface area contributed by atoms with Crippen LogP contribution in [0.5, 0.6) is 0 Å². The van der Waals surface area contributed by atoms with Gasteiger partial charge in [-0.25, -0.2) is 0 Å². The largest absolute Gasteiger partial charge is 0.398 e. The van der Waals surface area contributed by atoms with Crippen LogP contribution in [0.4, 0.5) is 5.69 Å². The van der Waals surface area contributed by atoms with Crippen LogP contribution >= 0.6 is 27.7 Å². The van der Waals surface area contributed by atoms with E-state index in [-0.39, 0.29) is 23.5 Å². The van der Waals surface area contributed by atoms with Crippen LogP contribution in [0, 0.1) is 0 Å². The third-order valence-corrected chi connectivity index (χ3v) is 4.65. The lowest BCUT2D eigenvalue weighted by Gasteiger charge is -2.14. The van der Waals surface area contributed by atoms with Gasteiger partial charge in [0.15, 0.2) is 0 Å². The summed E-state index contributed by atoms with van der Waals surface area (Å²) in [6.45, 7) is 2.45. The van der Waals surface area contributed by atoms with E-state index in [2.05, 4.69) is 15.9 Å². The van der Waals surface area contributed by atoms with E-state index in [1.54, 1.807) is 6.07 Å². The second kappa shape index (κ2) is 5.96. The number of imide groups is 1. The van der Waals surface area contributed by atoms with E-state index in [9.17, 15) is 9.59 Å². The van der Waals surface area contributed by atoms with Crippen molar-refractivity contribution in [1.29, 1.82) is 0 Å². The van der Waals surface area contributed by atoms with Gasteiger partial charge in [0.05, 0.1) is 5.25 Å². The molecule has 1 aromatic carbocycles. The van der Waals surface area contributed by atoms with Crippen molar-refractivity contribution in [3.05, 3.63) is 22.7 Å². The molecule has 0 spiro atoms. The highest BCUT2D eigenvalue weighted by atomic mass is 79.9. The number of anilines is 1. The Kier molecular flexibility index (Phi) is 4.52. The summed E-state index contributed by atoms with van der Waals surface area (Å²) in [6, 6.07) is 5.52. The van der Waals surface area contributed by atoms with Gasteiger partial charge in [0, 0.05) is 28.0 Å². The van der Waals surface area contributed by atoms with Crippen molar-refractivity contribution < 1.29 is 9.59 Å². The molecule has 6 heteroatoms. The molecule has 102 valence electrons. The van der Waals surface area contributed by atoms with Gasteiger partial charge >= 0.3 is 0 Å². The summed E-state index contributed by atoms with van der Waals surface area (Å²) in [5.41, 5.74) is 6.52. The Balaban J connectivity index is 2.14. The Bertz CT molecular complexity index is 521. The van der Waals surface area contributed by atoms with Crippen LogP contribution in [-0.2, 0) is 9.59 Å². The van der Waals surface area contributed by atoms with Gasteiger partial charge in [-0.2, -0.15) is 0 Å². The van der Waals surface area contributed by atoms with Crippen molar-refractivity contribution in [1.82, 2.24) is 4.90 Å². The van der Waals surface area contributed by atoms with Gasteiger partial charge in [0.1, 0.15) is 0 Å². The zero-order chi connectivity index (χ0) is 14.0. The molecular weight excluding hydrogens is 328 g/mol. The first-order valence-electron chi connectivity index (χ1n) is 6.08. The number of nitrogen functional groups attached to an aromatic ring is 1. The van der Waals surface area contributed by atoms with E-state index in [0.717, 1.165) is 15.8 Å². The number of amides is 2. The van der Waals surface area contributed by atoms with Crippen LogP contribution in [0.25, 0.3) is 0 Å². The van der Waals surface area contributed by atoms with E-state index in [0.29, 0.717) is 12.2 Å². The zero-order valence-electron chi connectivity index (χ0n) is 10.6. The van der Waals surface area contributed by atoms with Crippen molar-refractivity contribution >= 4 is 45.2 Å². The maximum absolute atomic E-state index is 12.1. The number of halogens is 1. The Morgan fingerprint density at radius 2 is 2.21 bits per heavy atom. The molecule has 1 fully saturated rings. The Morgan fingerprint density at radius 1 is 1.47 bits per heavy atom. The van der Waals surface area contributed by atoms with E-state index in [1.807, 2.05) is 19.1 Å². The van der Waals surface area contributed by atoms with Crippen LogP contribution in [0.3, 0.4) is 0 Å². The molecule has 1 heterocycles. The first-order valence-corrected chi connectivity index (χ1v) is 7.76. The van der Waals surface area contributed by atoms with Crippen LogP contribution in [-0.4, -0.2) is 28.5 Å². The van der Waals surface area contributed by atoms with Crippen LogP contribution in [0.2, 0.25) is 0 Å². The number of hydrogen-bond donors (Lipinski definition) is 1. The van der Waals surface area contributed by atoms with Crippen LogP contribution in [0.1, 0.15) is 19.8 Å². The Labute approximate surface area is 124 Å². The fourth-order valence-corrected chi connectivity index (χ4v) is 3.64. The van der Waals surface area contributed by atoms with Gasteiger partial charge in [-0.05, 0) is 24.6 Å². The lowest BCUT2D eigenvalue weighted by Crippen LogP contribution is -2.31. The number of nitrogens with zero attached hydrogens (tertiary/aromatic N) is 1. The predicted molar refractivity (Wildman–Crippen MR) is 79.8 cm³/mol. The van der Waals surface area contributed by atoms with Gasteiger partial charge < -0.3 is 5.73 Å². The van der Waals surface area contributed by atoms with Crippen molar-refractivity contribution in [2.24, 2.45) is 0 Å². The summed E-state index contributed by atoms with van der Waals surface area (Å²) in [7, 11) is 0. The van der Waals surface area contributed by atoms with Crippen molar-refractivity contribution in [2.45, 2.75) is 29.9 Å². The maximum Gasteiger partial charge on any atom is 0.243 e. The molecule has 1 unspecified atom stereocenters. The minimum absolute atomic E-state index is 0.0853. The van der Waals surface area contributed by atoms with E-state index < -0.39 is 0 Å². The monoisotopic (exact) mass is 342 g/mol. The molecular formula is C13H15BrN2O2S. The summed E-state index contributed by atoms with van der Waals surface area (Å²) < 4.78 is 0.909. The van der Waals surface area contributed by atoms with Crippen molar-refractivity contribution in [3.63, 3.8) is 0 Å². The maximum atomic E-state index is 12.1. The molecule has 2 rings (SSSR count). The minimum Gasteiger partial charge on any atom is -0.398 e. The molecule has 1 saturated heterocycles. The summed E-state index contributed by atoms with van der Waals surface area (Å²) in [6.07, 6.45) is 1.04. The van der Waals surface area contributed by atoms with E-state index >= 15 is 0 Å². The highest BCUT2D eigenvalue weighted by molar-refractivity contribution is 9.10. The third kappa shape index (κ3) is 3.12. The highest BCUT2D eigenvalue weighted by Gasteiger charge is 2.38. The van der Waals surface area contributed by atoms with Crippen LogP contribution < -0.4 is 5.73 Å². The van der Waals surface area contributed by atoms with Crippen molar-refractivity contribution in [2.75, 3.05) is 12.3 Å². The molecule has 1 aliphatic rings. The fourth-order valence-electron chi connectivity index (χ4n) is 1.97. The molecule has 2 amide bonds. The van der Waals surface area contributed by atoms with Gasteiger partial charge in [-0.15, -0.1) is 11.8 Å². The highest BCUT2D eigenvalue weighted by Crippen LogP contribution is 2.36.